The summed E-state index contributed by atoms with van der Waals surface area (Å²) in [6, 6.07) is 22.1. The SMILES string of the molecule is CCOC(=O)c1ccc(NC(=O)/C=C\c2cn(-c3ccccc3)nc2-c2ccc(F)cc2)cc1. The minimum atomic E-state index is -0.413. The van der Waals surface area contributed by atoms with Crippen LogP contribution in [0.25, 0.3) is 23.0 Å². The second kappa shape index (κ2) is 10.4. The summed E-state index contributed by atoms with van der Waals surface area (Å²) in [4.78, 5) is 24.3. The van der Waals surface area contributed by atoms with Crippen LogP contribution < -0.4 is 5.32 Å². The van der Waals surface area contributed by atoms with Crippen molar-refractivity contribution in [1.29, 1.82) is 0 Å². The molecule has 3 aromatic carbocycles. The van der Waals surface area contributed by atoms with Gasteiger partial charge in [-0.2, -0.15) is 5.10 Å². The van der Waals surface area contributed by atoms with E-state index in [2.05, 4.69) is 10.4 Å². The molecule has 0 spiro atoms. The van der Waals surface area contributed by atoms with E-state index < -0.39 is 5.97 Å². The molecule has 170 valence electrons. The van der Waals surface area contributed by atoms with Gasteiger partial charge < -0.3 is 10.1 Å². The largest absolute Gasteiger partial charge is 0.462 e. The van der Waals surface area contributed by atoms with Gasteiger partial charge in [-0.3, -0.25) is 4.79 Å². The summed E-state index contributed by atoms with van der Waals surface area (Å²) >= 11 is 0. The van der Waals surface area contributed by atoms with Gasteiger partial charge in [0.1, 0.15) is 5.82 Å². The highest BCUT2D eigenvalue weighted by atomic mass is 19.1. The summed E-state index contributed by atoms with van der Waals surface area (Å²) in [5.41, 5.74) is 3.85. The Labute approximate surface area is 196 Å². The number of anilines is 1. The Hall–Kier alpha value is -4.52. The molecular formula is C27H22FN3O3. The Morgan fingerprint density at radius 1 is 1.00 bits per heavy atom. The van der Waals surface area contributed by atoms with Gasteiger partial charge in [-0.1, -0.05) is 18.2 Å². The lowest BCUT2D eigenvalue weighted by molar-refractivity contribution is -0.111. The number of benzene rings is 3. The Bertz CT molecular complexity index is 1310. The molecule has 0 radical (unpaired) electrons. The lowest BCUT2D eigenvalue weighted by atomic mass is 10.1. The number of nitrogens with one attached hydrogen (secondary N) is 1. The Balaban J connectivity index is 1.55. The molecule has 1 aromatic heterocycles. The van der Waals surface area contributed by atoms with Gasteiger partial charge in [0.15, 0.2) is 0 Å². The van der Waals surface area contributed by atoms with Crippen molar-refractivity contribution in [2.75, 3.05) is 11.9 Å². The normalized spacial score (nSPS) is 10.9. The molecule has 0 aliphatic carbocycles. The zero-order valence-corrected chi connectivity index (χ0v) is 18.4. The number of nitrogens with zero attached hydrogens (tertiary/aromatic N) is 2. The van der Waals surface area contributed by atoms with Crippen molar-refractivity contribution < 1.29 is 18.7 Å². The molecule has 0 saturated carbocycles. The number of aromatic nitrogens is 2. The third-order valence-electron chi connectivity index (χ3n) is 4.96. The molecule has 0 bridgehead atoms. The molecule has 1 heterocycles. The molecule has 0 unspecified atom stereocenters. The third kappa shape index (κ3) is 5.45. The van der Waals surface area contributed by atoms with E-state index in [1.165, 1.54) is 18.2 Å². The van der Waals surface area contributed by atoms with Gasteiger partial charge in [-0.05, 0) is 73.7 Å². The Kier molecular flexibility index (Phi) is 6.93. The van der Waals surface area contributed by atoms with Crippen molar-refractivity contribution in [3.8, 4) is 16.9 Å². The van der Waals surface area contributed by atoms with Crippen LogP contribution in [0.15, 0.2) is 91.1 Å². The van der Waals surface area contributed by atoms with Crippen LogP contribution in [0.5, 0.6) is 0 Å². The quantitative estimate of drug-likeness (QED) is 0.295. The lowest BCUT2D eigenvalue weighted by Crippen LogP contribution is -2.08. The highest BCUT2D eigenvalue weighted by Crippen LogP contribution is 2.25. The molecule has 0 aliphatic rings. The molecule has 4 aromatic rings. The summed E-state index contributed by atoms with van der Waals surface area (Å²) in [6.45, 7) is 2.03. The minimum absolute atomic E-state index is 0.295. The van der Waals surface area contributed by atoms with Gasteiger partial charge in [0.25, 0.3) is 0 Å². The number of amides is 1. The average molecular weight is 455 g/mol. The van der Waals surface area contributed by atoms with Crippen molar-refractivity contribution in [3.63, 3.8) is 0 Å². The van der Waals surface area contributed by atoms with Gasteiger partial charge in [-0.25, -0.2) is 13.9 Å². The number of carbonyl (C=O) groups is 2. The first-order chi connectivity index (χ1) is 16.5. The fourth-order valence-corrected chi connectivity index (χ4v) is 3.31. The maximum absolute atomic E-state index is 13.4. The fraction of sp³-hybridized carbons (Fsp3) is 0.0741. The van der Waals surface area contributed by atoms with Crippen LogP contribution in [0.4, 0.5) is 10.1 Å². The van der Waals surface area contributed by atoms with E-state index in [1.54, 1.807) is 54.1 Å². The van der Waals surface area contributed by atoms with E-state index in [-0.39, 0.29) is 11.7 Å². The Morgan fingerprint density at radius 3 is 2.38 bits per heavy atom. The highest BCUT2D eigenvalue weighted by Gasteiger charge is 2.12. The number of halogens is 1. The highest BCUT2D eigenvalue weighted by molar-refractivity contribution is 6.02. The zero-order valence-electron chi connectivity index (χ0n) is 18.4. The summed E-state index contributed by atoms with van der Waals surface area (Å²) in [5.74, 6) is -1.10. The molecule has 4 rings (SSSR count). The first-order valence-electron chi connectivity index (χ1n) is 10.7. The smallest absolute Gasteiger partial charge is 0.338 e. The third-order valence-corrected chi connectivity index (χ3v) is 4.96. The summed E-state index contributed by atoms with van der Waals surface area (Å²) in [7, 11) is 0. The first kappa shape index (κ1) is 22.7. The monoisotopic (exact) mass is 455 g/mol. The Morgan fingerprint density at radius 2 is 1.71 bits per heavy atom. The molecule has 1 amide bonds. The van der Waals surface area contributed by atoms with Crippen LogP contribution in [0.3, 0.4) is 0 Å². The summed E-state index contributed by atoms with van der Waals surface area (Å²) < 4.78 is 20.1. The zero-order chi connectivity index (χ0) is 23.9. The number of ether oxygens (including phenoxy) is 1. The molecule has 0 saturated heterocycles. The molecule has 0 atom stereocenters. The van der Waals surface area contributed by atoms with Gasteiger partial charge >= 0.3 is 5.97 Å². The lowest BCUT2D eigenvalue weighted by Gasteiger charge is -2.04. The van der Waals surface area contributed by atoms with Crippen LogP contribution in [0.1, 0.15) is 22.8 Å². The number of hydrogen-bond acceptors (Lipinski definition) is 4. The second-order valence-electron chi connectivity index (χ2n) is 7.34. The second-order valence-corrected chi connectivity index (χ2v) is 7.34. The maximum atomic E-state index is 13.4. The van der Waals surface area contributed by atoms with Crippen molar-refractivity contribution in [1.82, 2.24) is 9.78 Å². The fourth-order valence-electron chi connectivity index (χ4n) is 3.31. The van der Waals surface area contributed by atoms with E-state index in [0.717, 1.165) is 11.3 Å². The summed E-state index contributed by atoms with van der Waals surface area (Å²) in [5, 5.41) is 7.41. The molecule has 6 nitrogen and oxygen atoms in total. The van der Waals surface area contributed by atoms with Gasteiger partial charge in [0.05, 0.1) is 23.6 Å². The van der Waals surface area contributed by atoms with Gasteiger partial charge in [0, 0.05) is 29.1 Å². The molecule has 0 fully saturated rings. The van der Waals surface area contributed by atoms with Gasteiger partial charge in [-0.15, -0.1) is 0 Å². The van der Waals surface area contributed by atoms with E-state index in [1.807, 2.05) is 36.5 Å². The van der Waals surface area contributed by atoms with Crippen LogP contribution >= 0.6 is 0 Å². The number of rotatable bonds is 7. The predicted octanol–water partition coefficient (Wildman–Crippen LogP) is 5.51. The van der Waals surface area contributed by atoms with Crippen LogP contribution in [0, 0.1) is 5.82 Å². The molecular weight excluding hydrogens is 433 g/mol. The van der Waals surface area contributed by atoms with Gasteiger partial charge in [0.2, 0.25) is 5.91 Å². The van der Waals surface area contributed by atoms with Crippen LogP contribution in [-0.2, 0) is 9.53 Å². The van der Waals surface area contributed by atoms with Crippen molar-refractivity contribution in [2.45, 2.75) is 6.92 Å². The van der Waals surface area contributed by atoms with E-state index >= 15 is 0 Å². The van der Waals surface area contributed by atoms with Crippen molar-refractivity contribution in [3.05, 3.63) is 108 Å². The van der Waals surface area contributed by atoms with Crippen molar-refractivity contribution in [2.24, 2.45) is 0 Å². The van der Waals surface area contributed by atoms with E-state index in [9.17, 15) is 14.0 Å². The number of carbonyl (C=O) groups excluding carboxylic acids is 2. The number of hydrogen-bond donors (Lipinski definition) is 1. The molecule has 34 heavy (non-hydrogen) atoms. The topological polar surface area (TPSA) is 73.2 Å². The number of esters is 1. The van der Waals surface area contributed by atoms with E-state index in [4.69, 9.17) is 4.74 Å². The standard InChI is InChI=1S/C27H22FN3O3/c1-2-34-27(33)20-10-15-23(16-11-20)29-25(32)17-12-21-18-31(24-6-4-3-5-7-24)30-26(21)19-8-13-22(28)14-9-19/h3-18H,2H2,1H3,(H,29,32)/b17-12-. The summed E-state index contributed by atoms with van der Waals surface area (Å²) in [6.07, 6.45) is 4.87. The van der Waals surface area contributed by atoms with Crippen molar-refractivity contribution >= 4 is 23.6 Å². The minimum Gasteiger partial charge on any atom is -0.462 e. The molecule has 1 N–H and O–H groups in total. The number of para-hydroxylation sites is 1. The maximum Gasteiger partial charge on any atom is 0.338 e. The first-order valence-corrected chi connectivity index (χ1v) is 10.7. The van der Waals surface area contributed by atoms with Crippen LogP contribution in [-0.4, -0.2) is 28.3 Å². The predicted molar refractivity (Wildman–Crippen MR) is 129 cm³/mol. The van der Waals surface area contributed by atoms with E-state index in [0.29, 0.717) is 29.1 Å². The molecule has 0 aliphatic heterocycles. The molecule has 7 heteroatoms. The van der Waals surface area contributed by atoms with Crippen LogP contribution in [0.2, 0.25) is 0 Å². The average Bonchev–Trinajstić information content (AvgIpc) is 3.29.